The summed E-state index contributed by atoms with van der Waals surface area (Å²) in [6, 6.07) is 9.41. The number of aromatic nitrogens is 2. The number of nitrogens with zero attached hydrogens (tertiary/aromatic N) is 4. The van der Waals surface area contributed by atoms with E-state index in [0.29, 0.717) is 5.56 Å². The van der Waals surface area contributed by atoms with Crippen LogP contribution in [0.25, 0.3) is 0 Å². The van der Waals surface area contributed by atoms with E-state index < -0.39 is 0 Å². The van der Waals surface area contributed by atoms with E-state index in [1.54, 1.807) is 18.3 Å². The largest absolute Gasteiger partial charge is 0.328 e. The molecule has 0 spiro atoms. The summed E-state index contributed by atoms with van der Waals surface area (Å²) >= 11 is 3.40. The Hall–Kier alpha value is -1.93. The maximum absolute atomic E-state index is 8.74. The van der Waals surface area contributed by atoms with E-state index in [1.807, 2.05) is 24.1 Å². The second kappa shape index (κ2) is 4.93. The van der Waals surface area contributed by atoms with Gasteiger partial charge in [-0.3, -0.25) is 0 Å². The zero-order chi connectivity index (χ0) is 12.3. The van der Waals surface area contributed by atoms with Crippen molar-refractivity contribution in [3.05, 3.63) is 46.8 Å². The fourth-order valence-electron chi connectivity index (χ4n) is 1.43. The molecule has 0 unspecified atom stereocenters. The Labute approximate surface area is 108 Å². The molecule has 0 saturated heterocycles. The summed E-state index contributed by atoms with van der Waals surface area (Å²) in [5.74, 6) is 0.782. The predicted molar refractivity (Wildman–Crippen MR) is 69.0 cm³/mol. The van der Waals surface area contributed by atoms with E-state index in [4.69, 9.17) is 5.26 Å². The summed E-state index contributed by atoms with van der Waals surface area (Å²) in [5.41, 5.74) is 1.60. The first-order chi connectivity index (χ1) is 8.22. The van der Waals surface area contributed by atoms with Crippen molar-refractivity contribution in [2.45, 2.75) is 0 Å². The molecule has 0 saturated carbocycles. The van der Waals surface area contributed by atoms with Crippen molar-refractivity contribution in [3.8, 4) is 6.07 Å². The Bertz CT molecular complexity index is 559. The molecule has 4 nitrogen and oxygen atoms in total. The molecular formula is C12H9BrN4. The first kappa shape index (κ1) is 11.6. The van der Waals surface area contributed by atoms with E-state index in [-0.39, 0.29) is 0 Å². The molecular weight excluding hydrogens is 280 g/mol. The SMILES string of the molecule is CN(c1ccc(C#N)cc1)c1ncncc1Br. The van der Waals surface area contributed by atoms with Gasteiger partial charge in [0, 0.05) is 18.9 Å². The molecule has 0 radical (unpaired) electrons. The third kappa shape index (κ3) is 2.43. The summed E-state index contributed by atoms with van der Waals surface area (Å²) in [6.45, 7) is 0. The molecule has 0 atom stereocenters. The van der Waals surface area contributed by atoms with Crippen molar-refractivity contribution in [2.24, 2.45) is 0 Å². The minimum atomic E-state index is 0.643. The number of halogens is 1. The third-order valence-corrected chi connectivity index (χ3v) is 2.91. The standard InChI is InChI=1S/C12H9BrN4/c1-17(12-11(13)7-15-8-16-12)10-4-2-9(6-14)3-5-10/h2-5,7-8H,1H3. The molecule has 1 aromatic heterocycles. The molecule has 17 heavy (non-hydrogen) atoms. The van der Waals surface area contributed by atoms with Gasteiger partial charge in [-0.25, -0.2) is 9.97 Å². The van der Waals surface area contributed by atoms with Crippen molar-refractivity contribution >= 4 is 27.4 Å². The van der Waals surface area contributed by atoms with Crippen LogP contribution in [0.4, 0.5) is 11.5 Å². The van der Waals surface area contributed by atoms with E-state index >= 15 is 0 Å². The van der Waals surface area contributed by atoms with Crippen LogP contribution in [0.3, 0.4) is 0 Å². The molecule has 0 fully saturated rings. The molecule has 2 rings (SSSR count). The highest BCUT2D eigenvalue weighted by molar-refractivity contribution is 9.10. The molecule has 0 N–H and O–H groups in total. The van der Waals surface area contributed by atoms with Crippen LogP contribution in [0.2, 0.25) is 0 Å². The van der Waals surface area contributed by atoms with Gasteiger partial charge in [0.15, 0.2) is 5.82 Å². The van der Waals surface area contributed by atoms with E-state index in [1.165, 1.54) is 6.33 Å². The number of anilines is 2. The number of hydrogen-bond acceptors (Lipinski definition) is 4. The van der Waals surface area contributed by atoms with Gasteiger partial charge in [-0.1, -0.05) is 0 Å². The van der Waals surface area contributed by atoms with E-state index in [2.05, 4.69) is 32.0 Å². The van der Waals surface area contributed by atoms with Crippen molar-refractivity contribution in [1.82, 2.24) is 9.97 Å². The zero-order valence-corrected chi connectivity index (χ0v) is 10.7. The highest BCUT2D eigenvalue weighted by Gasteiger charge is 2.08. The van der Waals surface area contributed by atoms with Gasteiger partial charge >= 0.3 is 0 Å². The van der Waals surface area contributed by atoms with Crippen LogP contribution in [0.1, 0.15) is 5.56 Å². The van der Waals surface area contributed by atoms with Gasteiger partial charge in [0.05, 0.1) is 16.1 Å². The average Bonchev–Trinajstić information content (AvgIpc) is 2.39. The van der Waals surface area contributed by atoms with Crippen molar-refractivity contribution < 1.29 is 0 Å². The third-order valence-electron chi connectivity index (χ3n) is 2.35. The van der Waals surface area contributed by atoms with Gasteiger partial charge in [0.1, 0.15) is 6.33 Å². The van der Waals surface area contributed by atoms with E-state index in [0.717, 1.165) is 16.0 Å². The lowest BCUT2D eigenvalue weighted by atomic mass is 10.2. The van der Waals surface area contributed by atoms with Gasteiger partial charge in [-0.15, -0.1) is 0 Å². The quantitative estimate of drug-likeness (QED) is 0.853. The molecule has 84 valence electrons. The Kier molecular flexibility index (Phi) is 3.35. The lowest BCUT2D eigenvalue weighted by Crippen LogP contribution is -2.11. The normalized spacial score (nSPS) is 9.71. The summed E-state index contributed by atoms with van der Waals surface area (Å²) < 4.78 is 0.826. The summed E-state index contributed by atoms with van der Waals surface area (Å²) in [6.07, 6.45) is 3.20. The Morgan fingerprint density at radius 3 is 2.59 bits per heavy atom. The van der Waals surface area contributed by atoms with Gasteiger partial charge < -0.3 is 4.90 Å². The van der Waals surface area contributed by atoms with Crippen LogP contribution in [0.5, 0.6) is 0 Å². The fraction of sp³-hybridized carbons (Fsp3) is 0.0833. The van der Waals surface area contributed by atoms with Crippen LogP contribution in [-0.4, -0.2) is 17.0 Å². The lowest BCUT2D eigenvalue weighted by molar-refractivity contribution is 1.07. The average molecular weight is 289 g/mol. The molecule has 0 bridgehead atoms. The highest BCUT2D eigenvalue weighted by atomic mass is 79.9. The summed E-state index contributed by atoms with van der Waals surface area (Å²) in [5, 5.41) is 8.74. The van der Waals surface area contributed by atoms with Crippen LogP contribution in [-0.2, 0) is 0 Å². The topological polar surface area (TPSA) is 52.8 Å². The number of benzene rings is 1. The number of hydrogen-bond donors (Lipinski definition) is 0. The minimum Gasteiger partial charge on any atom is -0.328 e. The van der Waals surface area contributed by atoms with Crippen LogP contribution in [0.15, 0.2) is 41.3 Å². The molecule has 1 heterocycles. The second-order valence-corrected chi connectivity index (χ2v) is 4.27. The molecule has 0 aliphatic heterocycles. The first-order valence-corrected chi connectivity index (χ1v) is 5.71. The predicted octanol–water partition coefficient (Wildman–Crippen LogP) is 2.88. The smallest absolute Gasteiger partial charge is 0.150 e. The molecule has 0 amide bonds. The van der Waals surface area contributed by atoms with Gasteiger partial charge in [0.25, 0.3) is 0 Å². The van der Waals surface area contributed by atoms with Gasteiger partial charge in [-0.2, -0.15) is 5.26 Å². The first-order valence-electron chi connectivity index (χ1n) is 4.92. The maximum atomic E-state index is 8.74. The Balaban J connectivity index is 2.34. The van der Waals surface area contributed by atoms with Crippen LogP contribution >= 0.6 is 15.9 Å². The van der Waals surface area contributed by atoms with Crippen LogP contribution < -0.4 is 4.90 Å². The molecule has 1 aromatic carbocycles. The zero-order valence-electron chi connectivity index (χ0n) is 9.13. The molecule has 0 aliphatic rings. The lowest BCUT2D eigenvalue weighted by Gasteiger charge is -2.19. The fourth-order valence-corrected chi connectivity index (χ4v) is 1.92. The van der Waals surface area contributed by atoms with Crippen molar-refractivity contribution in [3.63, 3.8) is 0 Å². The monoisotopic (exact) mass is 288 g/mol. The Morgan fingerprint density at radius 1 is 1.29 bits per heavy atom. The number of nitriles is 1. The summed E-state index contributed by atoms with van der Waals surface area (Å²) in [7, 11) is 1.91. The molecule has 0 aliphatic carbocycles. The highest BCUT2D eigenvalue weighted by Crippen LogP contribution is 2.27. The number of rotatable bonds is 2. The van der Waals surface area contributed by atoms with Crippen molar-refractivity contribution in [2.75, 3.05) is 11.9 Å². The maximum Gasteiger partial charge on any atom is 0.150 e. The van der Waals surface area contributed by atoms with Crippen LogP contribution in [0, 0.1) is 11.3 Å². The summed E-state index contributed by atoms with van der Waals surface area (Å²) in [4.78, 5) is 10.0. The van der Waals surface area contributed by atoms with E-state index in [9.17, 15) is 0 Å². The molecule has 2 aromatic rings. The second-order valence-electron chi connectivity index (χ2n) is 3.41. The van der Waals surface area contributed by atoms with Crippen molar-refractivity contribution in [1.29, 1.82) is 5.26 Å². The minimum absolute atomic E-state index is 0.643. The molecule has 5 heteroatoms. The van der Waals surface area contributed by atoms with Gasteiger partial charge in [-0.05, 0) is 40.2 Å². The Morgan fingerprint density at radius 2 is 2.00 bits per heavy atom. The van der Waals surface area contributed by atoms with Gasteiger partial charge in [0.2, 0.25) is 0 Å².